The highest BCUT2D eigenvalue weighted by molar-refractivity contribution is 8.15. The van der Waals surface area contributed by atoms with Crippen LogP contribution in [0.4, 0.5) is 27.6 Å². The van der Waals surface area contributed by atoms with Crippen LogP contribution >= 0.6 is 11.8 Å². The van der Waals surface area contributed by atoms with Crippen molar-refractivity contribution in [1.82, 2.24) is 14.9 Å². The number of amidine groups is 1. The van der Waals surface area contributed by atoms with E-state index in [2.05, 4.69) is 25.0 Å². The highest BCUT2D eigenvalue weighted by Gasteiger charge is 2.71. The van der Waals surface area contributed by atoms with Crippen molar-refractivity contribution in [3.8, 4) is 5.88 Å². The molecule has 208 valence electrons. The maximum Gasteiger partial charge on any atom is 0.422 e. The molecule has 2 aliphatic heterocycles. The average molecular weight is 571 g/mol. The standard InChI is InChI=1S/C24H23F5N6O3S/c1-22(17-7-23(17,39-21(30)34-22)20(37)35-5-4-12(25)10-35)14-6-13(2-3-15(14)26)33-19(36)16-8-32-18(9-31-16)38-11-24(27,28)29/h2-3,6,8-9,12,17H,4-5,7,10-11H2,1H3,(H2,30,34)(H,33,36)/t12-,17?,22-,23+/m1/s1. The maximum atomic E-state index is 15.2. The Balaban J connectivity index is 1.34. The van der Waals surface area contributed by atoms with E-state index in [1.54, 1.807) is 6.92 Å². The Hall–Kier alpha value is -3.49. The number of ether oxygens (including phenoxy) is 1. The Morgan fingerprint density at radius 2 is 2.05 bits per heavy atom. The number of hydrogen-bond donors (Lipinski definition) is 2. The number of halogens is 5. The van der Waals surface area contributed by atoms with Crippen LogP contribution in [0.25, 0.3) is 0 Å². The van der Waals surface area contributed by atoms with Crippen molar-refractivity contribution in [1.29, 1.82) is 0 Å². The summed E-state index contributed by atoms with van der Waals surface area (Å²) in [6.45, 7) is 0.418. The van der Waals surface area contributed by atoms with Crippen LogP contribution in [-0.4, -0.2) is 68.6 Å². The number of nitrogens with one attached hydrogen (secondary N) is 1. The summed E-state index contributed by atoms with van der Waals surface area (Å²) in [7, 11) is 0. The molecular formula is C24H23F5N6O3S. The fourth-order valence-corrected chi connectivity index (χ4v) is 6.52. The molecule has 2 aromatic rings. The van der Waals surface area contributed by atoms with Gasteiger partial charge in [-0.2, -0.15) is 13.2 Å². The summed E-state index contributed by atoms with van der Waals surface area (Å²) in [6.07, 6.45) is -3.18. The van der Waals surface area contributed by atoms with Gasteiger partial charge in [-0.3, -0.25) is 14.6 Å². The highest BCUT2D eigenvalue weighted by atomic mass is 32.2. The minimum absolute atomic E-state index is 0.00975. The molecule has 9 nitrogen and oxygen atoms in total. The Morgan fingerprint density at radius 3 is 2.69 bits per heavy atom. The van der Waals surface area contributed by atoms with Gasteiger partial charge in [0, 0.05) is 23.7 Å². The minimum atomic E-state index is -4.56. The van der Waals surface area contributed by atoms with E-state index in [1.807, 2.05) is 0 Å². The molecule has 4 atom stereocenters. The molecule has 3 heterocycles. The van der Waals surface area contributed by atoms with Gasteiger partial charge in [0.25, 0.3) is 5.91 Å². The molecule has 3 N–H and O–H groups in total. The molecular weight excluding hydrogens is 547 g/mol. The molecule has 3 aliphatic rings. The van der Waals surface area contributed by atoms with E-state index in [4.69, 9.17) is 5.73 Å². The minimum Gasteiger partial charge on any atom is -0.467 e. The van der Waals surface area contributed by atoms with Gasteiger partial charge in [-0.15, -0.1) is 0 Å². The third-order valence-corrected chi connectivity index (χ3v) is 8.30. The maximum absolute atomic E-state index is 15.2. The Labute approximate surface area is 223 Å². The van der Waals surface area contributed by atoms with Gasteiger partial charge in [0.15, 0.2) is 11.8 Å². The number of nitrogens with two attached hydrogens (primary N) is 1. The first-order valence-electron chi connectivity index (χ1n) is 11.9. The van der Waals surface area contributed by atoms with E-state index >= 15 is 4.39 Å². The molecule has 1 aromatic carbocycles. The van der Waals surface area contributed by atoms with E-state index in [9.17, 15) is 27.2 Å². The van der Waals surface area contributed by atoms with Crippen LogP contribution in [0.2, 0.25) is 0 Å². The van der Waals surface area contributed by atoms with E-state index < -0.39 is 52.8 Å². The van der Waals surface area contributed by atoms with Crippen molar-refractivity contribution >= 4 is 34.4 Å². The van der Waals surface area contributed by atoms with Crippen LogP contribution < -0.4 is 15.8 Å². The van der Waals surface area contributed by atoms with Gasteiger partial charge >= 0.3 is 6.18 Å². The number of aliphatic imine (C=N–C) groups is 1. The zero-order valence-corrected chi connectivity index (χ0v) is 21.3. The van der Waals surface area contributed by atoms with Gasteiger partial charge in [0.1, 0.15) is 22.4 Å². The SMILES string of the molecule is C[C@]1(c2cc(NC(=O)c3cnc(OCC(F)(F)F)cn3)ccc2F)N=C(N)S[C@@]2(C(=O)N3CC[C@@H](F)C3)CC21. The lowest BCUT2D eigenvalue weighted by molar-refractivity contribution is -0.154. The molecule has 0 radical (unpaired) electrons. The molecule has 1 saturated heterocycles. The number of amides is 2. The normalized spacial score (nSPS) is 27.9. The second-order valence-electron chi connectivity index (χ2n) is 9.78. The van der Waals surface area contributed by atoms with Crippen molar-refractivity contribution < 1.29 is 36.3 Å². The lowest BCUT2D eigenvalue weighted by Gasteiger charge is -2.35. The molecule has 39 heavy (non-hydrogen) atoms. The predicted octanol–water partition coefficient (Wildman–Crippen LogP) is 3.41. The Bertz CT molecular complexity index is 1340. The fourth-order valence-electron chi connectivity index (χ4n) is 5.07. The largest absolute Gasteiger partial charge is 0.467 e. The predicted molar refractivity (Wildman–Crippen MR) is 131 cm³/mol. The topological polar surface area (TPSA) is 123 Å². The number of carbonyl (C=O) groups excluding carboxylic acids is 2. The quantitative estimate of drug-likeness (QED) is 0.511. The number of benzene rings is 1. The van der Waals surface area contributed by atoms with E-state index in [-0.39, 0.29) is 41.0 Å². The van der Waals surface area contributed by atoms with Gasteiger partial charge in [0.05, 0.1) is 24.5 Å². The molecule has 0 bridgehead atoms. The van der Waals surface area contributed by atoms with E-state index in [0.717, 1.165) is 30.2 Å². The van der Waals surface area contributed by atoms with E-state index in [1.165, 1.54) is 17.0 Å². The van der Waals surface area contributed by atoms with Crippen LogP contribution in [0.1, 0.15) is 35.8 Å². The van der Waals surface area contributed by atoms with Gasteiger partial charge in [-0.1, -0.05) is 11.8 Å². The van der Waals surface area contributed by atoms with Gasteiger partial charge in [-0.25, -0.2) is 18.7 Å². The second-order valence-corrected chi connectivity index (χ2v) is 11.1. The summed E-state index contributed by atoms with van der Waals surface area (Å²) >= 11 is 1.11. The summed E-state index contributed by atoms with van der Waals surface area (Å²) in [4.78, 5) is 39.4. The number of likely N-dealkylation sites (tertiary alicyclic amines) is 1. The summed E-state index contributed by atoms with van der Waals surface area (Å²) in [5.74, 6) is -2.44. The highest BCUT2D eigenvalue weighted by Crippen LogP contribution is 2.66. The van der Waals surface area contributed by atoms with Crippen LogP contribution in [0.5, 0.6) is 5.88 Å². The lowest BCUT2D eigenvalue weighted by atomic mass is 9.85. The van der Waals surface area contributed by atoms with Gasteiger partial charge in [-0.05, 0) is 38.0 Å². The fraction of sp³-hybridized carbons (Fsp3) is 0.458. The number of nitrogens with zero attached hydrogens (tertiary/aromatic N) is 4. The van der Waals surface area contributed by atoms with Crippen molar-refractivity contribution in [2.24, 2.45) is 16.6 Å². The molecule has 15 heteroatoms. The third-order valence-electron chi connectivity index (χ3n) is 7.01. The van der Waals surface area contributed by atoms with Crippen molar-refractivity contribution in [3.05, 3.63) is 47.7 Å². The summed E-state index contributed by atoms with van der Waals surface area (Å²) in [5.41, 5.74) is 4.94. The monoisotopic (exact) mass is 570 g/mol. The van der Waals surface area contributed by atoms with Crippen LogP contribution in [0, 0.1) is 11.7 Å². The smallest absolute Gasteiger partial charge is 0.422 e. The van der Waals surface area contributed by atoms with Crippen molar-refractivity contribution in [2.75, 3.05) is 25.0 Å². The second kappa shape index (κ2) is 9.61. The molecule has 1 aromatic heterocycles. The first-order valence-corrected chi connectivity index (χ1v) is 12.7. The number of rotatable bonds is 6. The van der Waals surface area contributed by atoms with E-state index in [0.29, 0.717) is 13.0 Å². The average Bonchev–Trinajstić information content (AvgIpc) is 3.48. The summed E-state index contributed by atoms with van der Waals surface area (Å²) < 4.78 is 69.3. The van der Waals surface area contributed by atoms with Crippen LogP contribution in [-0.2, 0) is 10.3 Å². The van der Waals surface area contributed by atoms with Crippen molar-refractivity contribution in [2.45, 2.75) is 42.4 Å². The van der Waals surface area contributed by atoms with Gasteiger partial charge < -0.3 is 20.7 Å². The summed E-state index contributed by atoms with van der Waals surface area (Å²) in [5, 5.41) is 2.65. The zero-order valence-electron chi connectivity index (χ0n) is 20.5. The number of carbonyl (C=O) groups is 2. The molecule has 1 unspecified atom stereocenters. The Morgan fingerprint density at radius 1 is 1.28 bits per heavy atom. The van der Waals surface area contributed by atoms with Gasteiger partial charge in [0.2, 0.25) is 11.8 Å². The van der Waals surface area contributed by atoms with Crippen LogP contribution in [0.15, 0.2) is 35.6 Å². The first kappa shape index (κ1) is 27.1. The molecule has 2 amide bonds. The molecule has 1 saturated carbocycles. The molecule has 0 spiro atoms. The zero-order chi connectivity index (χ0) is 28.2. The summed E-state index contributed by atoms with van der Waals surface area (Å²) in [6, 6.07) is 3.84. The first-order chi connectivity index (χ1) is 18.3. The Kier molecular flexibility index (Phi) is 6.67. The number of fused-ring (bicyclic) bond motifs is 1. The molecule has 1 aliphatic carbocycles. The lowest BCUT2D eigenvalue weighted by Crippen LogP contribution is -2.45. The van der Waals surface area contributed by atoms with Crippen LogP contribution in [0.3, 0.4) is 0 Å². The molecule has 2 fully saturated rings. The number of alkyl halides is 4. The number of anilines is 1. The molecule has 5 rings (SSSR count). The number of aromatic nitrogens is 2. The number of hydrogen-bond acceptors (Lipinski definition) is 8. The third kappa shape index (κ3) is 5.23. The number of thioether (sulfide) groups is 1. The van der Waals surface area contributed by atoms with Crippen molar-refractivity contribution in [3.63, 3.8) is 0 Å².